The lowest BCUT2D eigenvalue weighted by molar-refractivity contribution is 0.109. The van der Waals surface area contributed by atoms with Crippen molar-refractivity contribution in [3.8, 4) is 0 Å². The molecule has 0 aliphatic carbocycles. The lowest BCUT2D eigenvalue weighted by atomic mass is 10.1. The van der Waals surface area contributed by atoms with Gasteiger partial charge in [-0.05, 0) is 54.4 Å². The average Bonchev–Trinajstić information content (AvgIpc) is 2.88. The van der Waals surface area contributed by atoms with Gasteiger partial charge in [0.25, 0.3) is 0 Å². The lowest BCUT2D eigenvalue weighted by Crippen LogP contribution is -2.43. The molecule has 3 N–H and O–H groups in total. The van der Waals surface area contributed by atoms with Crippen molar-refractivity contribution < 1.29 is 5.11 Å². The fourth-order valence-electron chi connectivity index (χ4n) is 2.63. The molecule has 3 nitrogen and oxygen atoms in total. The molecule has 1 aromatic rings. The summed E-state index contributed by atoms with van der Waals surface area (Å²) in [5.41, 5.74) is 6.14. The van der Waals surface area contributed by atoms with Gasteiger partial charge in [0.2, 0.25) is 0 Å². The second-order valence-electron chi connectivity index (χ2n) is 4.66. The van der Waals surface area contributed by atoms with Crippen molar-refractivity contribution >= 4 is 27.3 Å². The van der Waals surface area contributed by atoms with Crippen molar-refractivity contribution in [1.82, 2.24) is 4.90 Å². The third-order valence-electron chi connectivity index (χ3n) is 3.37. The number of nitrogens with zero attached hydrogens (tertiary/aromatic N) is 1. The predicted molar refractivity (Wildman–Crippen MR) is 75.2 cm³/mol. The zero-order valence-corrected chi connectivity index (χ0v) is 12.4. The maximum absolute atomic E-state index is 9.43. The minimum atomic E-state index is 0.0766. The summed E-state index contributed by atoms with van der Waals surface area (Å²) in [4.78, 5) is 3.65. The summed E-state index contributed by atoms with van der Waals surface area (Å²) in [6, 6.07) is 4.78. The van der Waals surface area contributed by atoms with Gasteiger partial charge in [-0.3, -0.25) is 4.90 Å². The smallest absolute Gasteiger partial charge is 0.0702 e. The van der Waals surface area contributed by atoms with Gasteiger partial charge in [0, 0.05) is 17.0 Å². The van der Waals surface area contributed by atoms with Gasteiger partial charge in [0.1, 0.15) is 0 Å². The molecule has 0 amide bonds. The summed E-state index contributed by atoms with van der Waals surface area (Å²) in [6.07, 6.45) is 2.23. The number of hydrogen-bond donors (Lipinski definition) is 2. The maximum Gasteiger partial charge on any atom is 0.0702 e. The van der Waals surface area contributed by atoms with Gasteiger partial charge in [-0.1, -0.05) is 0 Å². The van der Waals surface area contributed by atoms with Crippen LogP contribution in [-0.4, -0.2) is 35.2 Å². The topological polar surface area (TPSA) is 49.5 Å². The Labute approximate surface area is 115 Å². The lowest BCUT2D eigenvalue weighted by Gasteiger charge is -2.34. The van der Waals surface area contributed by atoms with Crippen LogP contribution in [0.15, 0.2) is 15.9 Å². The van der Waals surface area contributed by atoms with E-state index < -0.39 is 0 Å². The summed E-state index contributed by atoms with van der Waals surface area (Å²) in [7, 11) is 0. The van der Waals surface area contributed by atoms with Crippen LogP contribution in [0.3, 0.4) is 0 Å². The Kier molecular flexibility index (Phi) is 4.60. The zero-order valence-electron chi connectivity index (χ0n) is 9.97. The minimum Gasteiger partial charge on any atom is -0.395 e. The van der Waals surface area contributed by atoms with Crippen LogP contribution in [-0.2, 0) is 0 Å². The molecule has 0 aromatic carbocycles. The molecule has 0 bridgehead atoms. The number of rotatable bonds is 4. The van der Waals surface area contributed by atoms with E-state index in [2.05, 4.69) is 33.0 Å². The predicted octanol–water partition coefficient (Wildman–Crippen LogP) is 2.36. The molecule has 1 aromatic heterocycles. The first kappa shape index (κ1) is 13.5. The van der Waals surface area contributed by atoms with E-state index in [0.717, 1.165) is 23.2 Å². The molecule has 17 heavy (non-hydrogen) atoms. The highest BCUT2D eigenvalue weighted by Gasteiger charge is 2.33. The molecule has 0 radical (unpaired) electrons. The fourth-order valence-corrected chi connectivity index (χ4v) is 4.29. The second-order valence-corrected chi connectivity index (χ2v) is 7.16. The highest BCUT2D eigenvalue weighted by Crippen LogP contribution is 2.36. The standard InChI is InChI=1S/C12H19BrN2OS/c1-8(14)12(10-4-5-11(13)17-10)15-6-2-3-9(15)7-16/h4-5,8-9,12,16H,2-3,6-7,14H2,1H3. The third-order valence-corrected chi connectivity index (χ3v) is 5.07. The molecule has 5 heteroatoms. The quantitative estimate of drug-likeness (QED) is 0.896. The largest absolute Gasteiger partial charge is 0.395 e. The Morgan fingerprint density at radius 3 is 2.94 bits per heavy atom. The van der Waals surface area contributed by atoms with Crippen LogP contribution in [0.2, 0.25) is 0 Å². The minimum absolute atomic E-state index is 0.0766. The van der Waals surface area contributed by atoms with Gasteiger partial charge in [-0.15, -0.1) is 11.3 Å². The Morgan fingerprint density at radius 2 is 2.41 bits per heavy atom. The molecule has 1 aliphatic rings. The van der Waals surface area contributed by atoms with Crippen LogP contribution in [0.5, 0.6) is 0 Å². The van der Waals surface area contributed by atoms with Gasteiger partial charge in [0.05, 0.1) is 16.4 Å². The second kappa shape index (κ2) is 5.80. The van der Waals surface area contributed by atoms with Crippen LogP contribution in [0.4, 0.5) is 0 Å². The molecule has 3 unspecified atom stereocenters. The van der Waals surface area contributed by atoms with E-state index in [4.69, 9.17) is 5.73 Å². The summed E-state index contributed by atoms with van der Waals surface area (Å²) >= 11 is 5.24. The number of aliphatic hydroxyl groups excluding tert-OH is 1. The SMILES string of the molecule is CC(N)C(c1ccc(Br)s1)N1CCCC1CO. The normalized spacial score (nSPS) is 25.1. The van der Waals surface area contributed by atoms with E-state index in [9.17, 15) is 5.11 Å². The first-order chi connectivity index (χ1) is 8.13. The summed E-state index contributed by atoms with van der Waals surface area (Å²) < 4.78 is 1.14. The van der Waals surface area contributed by atoms with Gasteiger partial charge < -0.3 is 10.8 Å². The molecule has 96 valence electrons. The summed E-state index contributed by atoms with van der Waals surface area (Å²) in [5.74, 6) is 0. The van der Waals surface area contributed by atoms with Gasteiger partial charge >= 0.3 is 0 Å². The van der Waals surface area contributed by atoms with Gasteiger partial charge in [-0.25, -0.2) is 0 Å². The van der Waals surface area contributed by atoms with Crippen molar-refractivity contribution in [3.05, 3.63) is 20.8 Å². The van der Waals surface area contributed by atoms with Gasteiger partial charge in [-0.2, -0.15) is 0 Å². The zero-order chi connectivity index (χ0) is 12.4. The van der Waals surface area contributed by atoms with Crippen LogP contribution >= 0.6 is 27.3 Å². The molecule has 0 spiro atoms. The molecule has 2 rings (SSSR count). The van der Waals surface area contributed by atoms with E-state index in [-0.39, 0.29) is 24.7 Å². The first-order valence-electron chi connectivity index (χ1n) is 6.01. The van der Waals surface area contributed by atoms with Gasteiger partial charge in [0.15, 0.2) is 0 Å². The van der Waals surface area contributed by atoms with E-state index in [1.165, 1.54) is 4.88 Å². The Morgan fingerprint density at radius 1 is 1.65 bits per heavy atom. The van der Waals surface area contributed by atoms with E-state index in [1.54, 1.807) is 11.3 Å². The van der Waals surface area contributed by atoms with E-state index >= 15 is 0 Å². The molecular weight excluding hydrogens is 300 g/mol. The summed E-state index contributed by atoms with van der Waals surface area (Å²) in [6.45, 7) is 3.31. The third kappa shape index (κ3) is 2.90. The number of halogens is 1. The molecule has 1 aliphatic heterocycles. The Balaban J connectivity index is 2.23. The highest BCUT2D eigenvalue weighted by atomic mass is 79.9. The Hall–Kier alpha value is 0.0600. The summed E-state index contributed by atoms with van der Waals surface area (Å²) in [5, 5.41) is 9.43. The highest BCUT2D eigenvalue weighted by molar-refractivity contribution is 9.11. The van der Waals surface area contributed by atoms with Crippen LogP contribution < -0.4 is 5.73 Å². The fraction of sp³-hybridized carbons (Fsp3) is 0.667. The molecule has 3 atom stereocenters. The molecule has 1 fully saturated rings. The first-order valence-corrected chi connectivity index (χ1v) is 7.62. The molecule has 0 saturated carbocycles. The van der Waals surface area contributed by atoms with Crippen LogP contribution in [0, 0.1) is 0 Å². The number of thiophene rings is 1. The van der Waals surface area contributed by atoms with E-state index in [0.29, 0.717) is 0 Å². The van der Waals surface area contributed by atoms with Crippen LogP contribution in [0.1, 0.15) is 30.7 Å². The monoisotopic (exact) mass is 318 g/mol. The maximum atomic E-state index is 9.43. The number of aliphatic hydroxyl groups is 1. The van der Waals surface area contributed by atoms with Crippen molar-refractivity contribution in [3.63, 3.8) is 0 Å². The van der Waals surface area contributed by atoms with Crippen molar-refractivity contribution in [2.45, 2.75) is 37.9 Å². The van der Waals surface area contributed by atoms with Crippen molar-refractivity contribution in [2.24, 2.45) is 5.73 Å². The number of hydrogen-bond acceptors (Lipinski definition) is 4. The van der Waals surface area contributed by atoms with Crippen molar-refractivity contribution in [1.29, 1.82) is 0 Å². The molecule has 2 heterocycles. The van der Waals surface area contributed by atoms with Crippen LogP contribution in [0.25, 0.3) is 0 Å². The van der Waals surface area contributed by atoms with E-state index in [1.807, 2.05) is 6.92 Å². The Bertz CT molecular complexity index is 369. The van der Waals surface area contributed by atoms with Crippen molar-refractivity contribution in [2.75, 3.05) is 13.2 Å². The number of nitrogens with two attached hydrogens (primary N) is 1. The molecule has 1 saturated heterocycles. The average molecular weight is 319 g/mol. The number of likely N-dealkylation sites (tertiary alicyclic amines) is 1. The molecular formula is C12H19BrN2OS.